The van der Waals surface area contributed by atoms with Crippen LogP contribution in [0.3, 0.4) is 0 Å². The summed E-state index contributed by atoms with van der Waals surface area (Å²) in [6, 6.07) is 5.76. The summed E-state index contributed by atoms with van der Waals surface area (Å²) in [5, 5.41) is 3.55. The Morgan fingerprint density at radius 1 is 1.28 bits per heavy atom. The van der Waals surface area contributed by atoms with Gasteiger partial charge in [0.15, 0.2) is 0 Å². The molecule has 1 rings (SSSR count). The van der Waals surface area contributed by atoms with Crippen LogP contribution >= 0.6 is 0 Å². The summed E-state index contributed by atoms with van der Waals surface area (Å²) in [6.45, 7) is 8.04. The first-order valence-corrected chi connectivity index (χ1v) is 6.53. The third-order valence-electron chi connectivity index (χ3n) is 3.16. The van der Waals surface area contributed by atoms with Crippen LogP contribution in [0.1, 0.15) is 25.0 Å². The van der Waals surface area contributed by atoms with Crippen molar-refractivity contribution in [3.8, 4) is 0 Å². The molecule has 1 N–H and O–H groups in total. The Bertz CT molecular complexity index is 375. The third kappa shape index (κ3) is 4.75. The lowest BCUT2D eigenvalue weighted by Crippen LogP contribution is -2.41. The van der Waals surface area contributed by atoms with Gasteiger partial charge in [0.05, 0.1) is 0 Å². The zero-order valence-electron chi connectivity index (χ0n) is 12.1. The molecule has 0 bridgehead atoms. The fourth-order valence-electron chi connectivity index (χ4n) is 1.97. The van der Waals surface area contributed by atoms with Crippen LogP contribution in [0.5, 0.6) is 0 Å². The third-order valence-corrected chi connectivity index (χ3v) is 3.16. The first kappa shape index (κ1) is 15.1. The van der Waals surface area contributed by atoms with Gasteiger partial charge in [-0.1, -0.05) is 26.0 Å². The number of halogens is 1. The molecule has 1 atom stereocenters. The van der Waals surface area contributed by atoms with Crippen LogP contribution in [-0.2, 0) is 6.54 Å². The van der Waals surface area contributed by atoms with Crippen molar-refractivity contribution in [2.45, 2.75) is 33.4 Å². The molecule has 0 spiro atoms. The van der Waals surface area contributed by atoms with E-state index < -0.39 is 0 Å². The summed E-state index contributed by atoms with van der Waals surface area (Å²) < 4.78 is 13.2. The first-order valence-electron chi connectivity index (χ1n) is 6.53. The van der Waals surface area contributed by atoms with Gasteiger partial charge in [-0.25, -0.2) is 4.39 Å². The molecule has 0 fully saturated rings. The number of rotatable bonds is 6. The number of nitrogens with zero attached hydrogens (tertiary/aromatic N) is 1. The Kier molecular flexibility index (Phi) is 5.76. The van der Waals surface area contributed by atoms with Gasteiger partial charge < -0.3 is 10.2 Å². The lowest BCUT2D eigenvalue weighted by Gasteiger charge is -2.25. The Labute approximate surface area is 110 Å². The molecule has 1 aromatic carbocycles. The van der Waals surface area contributed by atoms with Crippen LogP contribution in [0, 0.1) is 18.7 Å². The van der Waals surface area contributed by atoms with E-state index in [1.165, 1.54) is 0 Å². The molecule has 1 aromatic rings. The van der Waals surface area contributed by atoms with Crippen LogP contribution in [-0.4, -0.2) is 31.6 Å². The fourth-order valence-corrected chi connectivity index (χ4v) is 1.97. The number of nitrogens with one attached hydrogen (secondary N) is 1. The Morgan fingerprint density at radius 2 is 1.94 bits per heavy atom. The van der Waals surface area contributed by atoms with E-state index in [0.717, 1.165) is 18.7 Å². The van der Waals surface area contributed by atoms with E-state index in [1.54, 1.807) is 13.0 Å². The van der Waals surface area contributed by atoms with E-state index in [9.17, 15) is 4.39 Å². The molecule has 0 aliphatic heterocycles. The van der Waals surface area contributed by atoms with Crippen molar-refractivity contribution >= 4 is 0 Å². The number of likely N-dealkylation sites (N-methyl/N-ethyl adjacent to an activating group) is 1. The van der Waals surface area contributed by atoms with Gasteiger partial charge in [0.2, 0.25) is 0 Å². The summed E-state index contributed by atoms with van der Waals surface area (Å²) >= 11 is 0. The van der Waals surface area contributed by atoms with Crippen molar-refractivity contribution in [1.82, 2.24) is 10.2 Å². The molecule has 2 nitrogen and oxygen atoms in total. The number of benzene rings is 1. The van der Waals surface area contributed by atoms with Crippen molar-refractivity contribution < 1.29 is 4.39 Å². The standard InChI is InChI=1S/C15H25FN2/c1-11(2)15(10-18(4)5)17-9-13-6-7-14(16)12(3)8-13/h6-8,11,15,17H,9-10H2,1-5H3. The smallest absolute Gasteiger partial charge is 0.126 e. The molecule has 18 heavy (non-hydrogen) atoms. The second kappa shape index (κ2) is 6.86. The summed E-state index contributed by atoms with van der Waals surface area (Å²) in [6.07, 6.45) is 0. The maximum absolute atomic E-state index is 13.2. The van der Waals surface area contributed by atoms with Crippen LogP contribution in [0.25, 0.3) is 0 Å². The summed E-state index contributed by atoms with van der Waals surface area (Å²) in [4.78, 5) is 2.19. The maximum atomic E-state index is 13.2. The predicted octanol–water partition coefficient (Wildman–Crippen LogP) is 2.81. The molecule has 0 saturated heterocycles. The minimum Gasteiger partial charge on any atom is -0.308 e. The molecule has 0 aliphatic carbocycles. The molecule has 102 valence electrons. The monoisotopic (exact) mass is 252 g/mol. The lowest BCUT2D eigenvalue weighted by molar-refractivity contribution is 0.288. The van der Waals surface area contributed by atoms with Gasteiger partial charge in [0.1, 0.15) is 5.82 Å². The zero-order valence-corrected chi connectivity index (χ0v) is 12.1. The quantitative estimate of drug-likeness (QED) is 0.837. The van der Waals surface area contributed by atoms with Gasteiger partial charge in [-0.05, 0) is 44.1 Å². The number of aryl methyl sites for hydroxylation is 1. The molecule has 0 amide bonds. The topological polar surface area (TPSA) is 15.3 Å². The maximum Gasteiger partial charge on any atom is 0.126 e. The van der Waals surface area contributed by atoms with E-state index in [-0.39, 0.29) is 5.82 Å². The Hall–Kier alpha value is -0.930. The molecular formula is C15H25FN2. The minimum atomic E-state index is -0.132. The van der Waals surface area contributed by atoms with E-state index in [4.69, 9.17) is 0 Å². The van der Waals surface area contributed by atoms with Gasteiger partial charge in [0.25, 0.3) is 0 Å². The van der Waals surface area contributed by atoms with Crippen molar-refractivity contribution in [3.05, 3.63) is 35.1 Å². The summed E-state index contributed by atoms with van der Waals surface area (Å²) in [7, 11) is 4.16. The van der Waals surface area contributed by atoms with E-state index >= 15 is 0 Å². The highest BCUT2D eigenvalue weighted by molar-refractivity contribution is 5.23. The van der Waals surface area contributed by atoms with Crippen LogP contribution in [0.2, 0.25) is 0 Å². The van der Waals surface area contributed by atoms with Gasteiger partial charge in [0, 0.05) is 19.1 Å². The number of hydrogen-bond donors (Lipinski definition) is 1. The molecule has 3 heteroatoms. The molecule has 0 saturated carbocycles. The molecular weight excluding hydrogens is 227 g/mol. The average Bonchev–Trinajstić information content (AvgIpc) is 2.28. The van der Waals surface area contributed by atoms with Crippen molar-refractivity contribution in [2.24, 2.45) is 5.92 Å². The summed E-state index contributed by atoms with van der Waals surface area (Å²) in [5.74, 6) is 0.446. The highest BCUT2D eigenvalue weighted by Gasteiger charge is 2.13. The van der Waals surface area contributed by atoms with Gasteiger partial charge in [-0.15, -0.1) is 0 Å². The highest BCUT2D eigenvalue weighted by atomic mass is 19.1. The van der Waals surface area contributed by atoms with Crippen LogP contribution in [0.15, 0.2) is 18.2 Å². The highest BCUT2D eigenvalue weighted by Crippen LogP contribution is 2.10. The van der Waals surface area contributed by atoms with Crippen molar-refractivity contribution in [2.75, 3.05) is 20.6 Å². The van der Waals surface area contributed by atoms with E-state index in [1.807, 2.05) is 12.1 Å². The van der Waals surface area contributed by atoms with Crippen LogP contribution in [0.4, 0.5) is 4.39 Å². The largest absolute Gasteiger partial charge is 0.308 e. The zero-order chi connectivity index (χ0) is 13.7. The molecule has 0 radical (unpaired) electrons. The molecule has 0 aliphatic rings. The molecule has 0 heterocycles. The van der Waals surface area contributed by atoms with Crippen molar-refractivity contribution in [1.29, 1.82) is 0 Å². The predicted molar refractivity (Wildman–Crippen MR) is 75.2 cm³/mol. The van der Waals surface area contributed by atoms with Gasteiger partial charge in [-0.3, -0.25) is 0 Å². The fraction of sp³-hybridized carbons (Fsp3) is 0.600. The van der Waals surface area contributed by atoms with E-state index in [2.05, 4.69) is 38.2 Å². The van der Waals surface area contributed by atoms with Gasteiger partial charge in [-0.2, -0.15) is 0 Å². The van der Waals surface area contributed by atoms with Gasteiger partial charge >= 0.3 is 0 Å². The molecule has 0 aromatic heterocycles. The average molecular weight is 252 g/mol. The first-order chi connectivity index (χ1) is 8.40. The Morgan fingerprint density at radius 3 is 2.44 bits per heavy atom. The normalized spacial score (nSPS) is 13.3. The number of hydrogen-bond acceptors (Lipinski definition) is 2. The second-order valence-corrected chi connectivity index (χ2v) is 5.58. The summed E-state index contributed by atoms with van der Waals surface area (Å²) in [5.41, 5.74) is 1.85. The lowest BCUT2D eigenvalue weighted by atomic mass is 10.0. The van der Waals surface area contributed by atoms with Crippen LogP contribution < -0.4 is 5.32 Å². The minimum absolute atomic E-state index is 0.132. The SMILES string of the molecule is Cc1cc(CNC(CN(C)C)C(C)C)ccc1F. The van der Waals surface area contributed by atoms with Crippen molar-refractivity contribution in [3.63, 3.8) is 0 Å². The molecule has 1 unspecified atom stereocenters. The Balaban J connectivity index is 2.58. The second-order valence-electron chi connectivity index (χ2n) is 5.58. The van der Waals surface area contributed by atoms with E-state index in [0.29, 0.717) is 17.5 Å².